The number of nitrogens with one attached hydrogen (secondary N) is 1. The average molecular weight is 377 g/mol. The van der Waals surface area contributed by atoms with E-state index >= 15 is 0 Å². The van der Waals surface area contributed by atoms with E-state index < -0.39 is 6.04 Å². The lowest BCUT2D eigenvalue weighted by molar-refractivity contribution is -0.135. The molecule has 1 aromatic heterocycles. The molecule has 2 amide bonds. The van der Waals surface area contributed by atoms with Crippen LogP contribution in [0.5, 0.6) is 0 Å². The Bertz CT molecular complexity index is 770. The molecule has 0 bridgehead atoms. The molecular weight excluding hydrogens is 356 g/mol. The summed E-state index contributed by atoms with van der Waals surface area (Å²) in [5.74, 6) is -0.265. The van der Waals surface area contributed by atoms with Gasteiger partial charge in [-0.3, -0.25) is 9.59 Å². The zero-order chi connectivity index (χ0) is 18.0. The summed E-state index contributed by atoms with van der Waals surface area (Å²) in [6.45, 7) is 5.22. The second-order valence-corrected chi connectivity index (χ2v) is 8.02. The first kappa shape index (κ1) is 18.0. The minimum Gasteiger partial charge on any atom is -0.340 e. The Labute approximate surface area is 156 Å². The maximum Gasteiger partial charge on any atom is 0.251 e. The van der Waals surface area contributed by atoms with Gasteiger partial charge in [0.05, 0.1) is 0 Å². The lowest BCUT2D eigenvalue weighted by atomic mass is 10.0. The molecule has 0 saturated heterocycles. The Hall–Kier alpha value is -1.85. The molecule has 1 atom stereocenters. The maximum absolute atomic E-state index is 13.0. The Kier molecular flexibility index (Phi) is 5.45. The van der Waals surface area contributed by atoms with E-state index in [2.05, 4.69) is 16.8 Å². The number of halogens is 1. The van der Waals surface area contributed by atoms with Crippen molar-refractivity contribution in [2.24, 2.45) is 5.92 Å². The number of rotatable bonds is 4. The van der Waals surface area contributed by atoms with Crippen molar-refractivity contribution >= 4 is 34.8 Å². The molecule has 2 heterocycles. The molecule has 2 aromatic rings. The van der Waals surface area contributed by atoms with Gasteiger partial charge >= 0.3 is 0 Å². The molecule has 0 fully saturated rings. The topological polar surface area (TPSA) is 49.4 Å². The summed E-state index contributed by atoms with van der Waals surface area (Å²) in [6, 6.07) is 8.21. The van der Waals surface area contributed by atoms with Gasteiger partial charge in [0, 0.05) is 28.6 Å². The van der Waals surface area contributed by atoms with Gasteiger partial charge in [-0.15, -0.1) is 11.3 Å². The van der Waals surface area contributed by atoms with Crippen LogP contribution in [0.25, 0.3) is 0 Å². The Morgan fingerprint density at radius 3 is 2.60 bits per heavy atom. The Morgan fingerprint density at radius 2 is 1.92 bits per heavy atom. The highest BCUT2D eigenvalue weighted by atomic mass is 35.5. The molecule has 0 spiro atoms. The highest BCUT2D eigenvalue weighted by molar-refractivity contribution is 7.10. The summed E-state index contributed by atoms with van der Waals surface area (Å²) >= 11 is 7.61. The number of hydrogen-bond donors (Lipinski definition) is 1. The number of carbonyl (C=O) groups excluding carboxylic acids is 2. The van der Waals surface area contributed by atoms with Crippen LogP contribution in [-0.2, 0) is 17.8 Å². The number of fused-ring (bicyclic) bond motifs is 1. The molecule has 1 N–H and O–H groups in total. The third-order valence-corrected chi connectivity index (χ3v) is 5.72. The van der Waals surface area contributed by atoms with Crippen molar-refractivity contribution in [3.63, 3.8) is 0 Å². The molecule has 0 saturated carbocycles. The molecule has 4 nitrogen and oxygen atoms in total. The smallest absolute Gasteiger partial charge is 0.251 e. The van der Waals surface area contributed by atoms with Crippen LogP contribution >= 0.6 is 22.9 Å². The zero-order valence-electron chi connectivity index (χ0n) is 14.3. The highest BCUT2D eigenvalue weighted by Crippen LogP contribution is 2.25. The SMILES string of the molecule is CC(C)[C@@H](NC(=O)c1ccc(Cl)cc1)C(=O)N1CCc2sccc2C1. The van der Waals surface area contributed by atoms with Crippen LogP contribution in [0, 0.1) is 5.92 Å². The fraction of sp³-hybridized carbons (Fsp3) is 0.368. The maximum atomic E-state index is 13.0. The second kappa shape index (κ2) is 7.58. The standard InChI is InChI=1S/C19H21ClN2O2S/c1-12(2)17(21-18(23)13-3-5-15(20)6-4-13)19(24)22-9-7-16-14(11-22)8-10-25-16/h3-6,8,10,12,17H,7,9,11H2,1-2H3,(H,21,23)/t17-/m1/s1. The fourth-order valence-corrected chi connectivity index (χ4v) is 3.99. The predicted molar refractivity (Wildman–Crippen MR) is 101 cm³/mol. The number of benzene rings is 1. The predicted octanol–water partition coefficient (Wildman–Crippen LogP) is 3.74. The van der Waals surface area contributed by atoms with E-state index in [0.29, 0.717) is 23.7 Å². The van der Waals surface area contributed by atoms with Crippen LogP contribution in [0.2, 0.25) is 5.02 Å². The van der Waals surface area contributed by atoms with Gasteiger partial charge in [0.2, 0.25) is 5.91 Å². The number of amides is 2. The van der Waals surface area contributed by atoms with Crippen molar-refractivity contribution in [2.75, 3.05) is 6.54 Å². The normalized spacial score (nSPS) is 15.0. The van der Waals surface area contributed by atoms with E-state index in [1.54, 1.807) is 35.6 Å². The van der Waals surface area contributed by atoms with E-state index in [0.717, 1.165) is 6.42 Å². The van der Waals surface area contributed by atoms with E-state index in [1.807, 2.05) is 18.7 Å². The minimum absolute atomic E-state index is 0.00706. The number of nitrogens with zero attached hydrogens (tertiary/aromatic N) is 1. The first-order valence-corrected chi connectivity index (χ1v) is 9.62. The first-order chi connectivity index (χ1) is 12.0. The molecule has 0 aliphatic carbocycles. The van der Waals surface area contributed by atoms with Crippen LogP contribution in [0.1, 0.15) is 34.6 Å². The number of hydrogen-bond acceptors (Lipinski definition) is 3. The van der Waals surface area contributed by atoms with Crippen LogP contribution in [-0.4, -0.2) is 29.3 Å². The Balaban J connectivity index is 1.71. The molecule has 1 aromatic carbocycles. The van der Waals surface area contributed by atoms with Crippen LogP contribution in [0.15, 0.2) is 35.7 Å². The van der Waals surface area contributed by atoms with E-state index in [-0.39, 0.29) is 17.7 Å². The zero-order valence-corrected chi connectivity index (χ0v) is 15.9. The number of carbonyl (C=O) groups is 2. The molecular formula is C19H21ClN2O2S. The molecule has 6 heteroatoms. The molecule has 1 aliphatic rings. The summed E-state index contributed by atoms with van der Waals surface area (Å²) < 4.78 is 0. The van der Waals surface area contributed by atoms with Gasteiger partial charge in [-0.2, -0.15) is 0 Å². The summed E-state index contributed by atoms with van der Waals surface area (Å²) in [7, 11) is 0. The van der Waals surface area contributed by atoms with Crippen LogP contribution in [0.3, 0.4) is 0 Å². The third kappa shape index (κ3) is 4.05. The summed E-state index contributed by atoms with van der Waals surface area (Å²) in [4.78, 5) is 28.7. The Morgan fingerprint density at radius 1 is 1.20 bits per heavy atom. The van der Waals surface area contributed by atoms with Gasteiger partial charge in [-0.25, -0.2) is 0 Å². The largest absolute Gasteiger partial charge is 0.340 e. The van der Waals surface area contributed by atoms with E-state index in [9.17, 15) is 9.59 Å². The lowest BCUT2D eigenvalue weighted by Gasteiger charge is -2.32. The van der Waals surface area contributed by atoms with E-state index in [4.69, 9.17) is 11.6 Å². The van der Waals surface area contributed by atoms with Crippen molar-refractivity contribution in [1.82, 2.24) is 10.2 Å². The molecule has 0 unspecified atom stereocenters. The minimum atomic E-state index is -0.539. The molecule has 0 radical (unpaired) electrons. The van der Waals surface area contributed by atoms with Crippen molar-refractivity contribution in [2.45, 2.75) is 32.9 Å². The number of thiophene rings is 1. The van der Waals surface area contributed by atoms with Crippen molar-refractivity contribution in [1.29, 1.82) is 0 Å². The molecule has 3 rings (SSSR count). The van der Waals surface area contributed by atoms with E-state index in [1.165, 1.54) is 10.4 Å². The fourth-order valence-electron chi connectivity index (χ4n) is 2.97. The molecule has 132 valence electrons. The van der Waals surface area contributed by atoms with Crippen molar-refractivity contribution < 1.29 is 9.59 Å². The average Bonchev–Trinajstić information content (AvgIpc) is 3.06. The third-order valence-electron chi connectivity index (χ3n) is 4.45. The van der Waals surface area contributed by atoms with Crippen LogP contribution in [0.4, 0.5) is 0 Å². The summed E-state index contributed by atoms with van der Waals surface area (Å²) in [5.41, 5.74) is 1.72. The highest BCUT2D eigenvalue weighted by Gasteiger charge is 2.31. The van der Waals surface area contributed by atoms with Gasteiger partial charge in [-0.1, -0.05) is 25.4 Å². The van der Waals surface area contributed by atoms with Crippen molar-refractivity contribution in [3.05, 3.63) is 56.7 Å². The van der Waals surface area contributed by atoms with Crippen LogP contribution < -0.4 is 5.32 Å². The molecule has 25 heavy (non-hydrogen) atoms. The van der Waals surface area contributed by atoms with Gasteiger partial charge < -0.3 is 10.2 Å². The van der Waals surface area contributed by atoms with Crippen molar-refractivity contribution in [3.8, 4) is 0 Å². The first-order valence-electron chi connectivity index (χ1n) is 8.36. The quantitative estimate of drug-likeness (QED) is 0.883. The van der Waals surface area contributed by atoms with Gasteiger partial charge in [0.1, 0.15) is 6.04 Å². The van der Waals surface area contributed by atoms with Gasteiger partial charge in [0.25, 0.3) is 5.91 Å². The molecule has 1 aliphatic heterocycles. The van der Waals surface area contributed by atoms with Gasteiger partial charge in [0.15, 0.2) is 0 Å². The summed E-state index contributed by atoms with van der Waals surface area (Å²) in [6.07, 6.45) is 0.884. The summed E-state index contributed by atoms with van der Waals surface area (Å²) in [5, 5.41) is 5.54. The lowest BCUT2D eigenvalue weighted by Crippen LogP contribution is -2.52. The van der Waals surface area contributed by atoms with Gasteiger partial charge in [-0.05, 0) is 53.6 Å². The second-order valence-electron chi connectivity index (χ2n) is 6.58. The monoisotopic (exact) mass is 376 g/mol.